The molecule has 18 heavy (non-hydrogen) atoms. The summed E-state index contributed by atoms with van der Waals surface area (Å²) in [6.45, 7) is 4.14. The van der Waals surface area contributed by atoms with Gasteiger partial charge in [0.25, 0.3) is 0 Å². The van der Waals surface area contributed by atoms with Gasteiger partial charge in [-0.25, -0.2) is 9.97 Å². The Kier molecular flexibility index (Phi) is 4.50. The molecule has 2 heterocycles. The summed E-state index contributed by atoms with van der Waals surface area (Å²) in [6, 6.07) is 3.92. The van der Waals surface area contributed by atoms with Gasteiger partial charge >= 0.3 is 0 Å². The number of hydrogen-bond acceptors (Lipinski definition) is 3. The molecule has 5 heteroatoms. The summed E-state index contributed by atoms with van der Waals surface area (Å²) >= 11 is 8.35. The van der Waals surface area contributed by atoms with Crippen LogP contribution in [0.2, 0.25) is 5.15 Å². The Morgan fingerprint density at radius 2 is 2.11 bits per heavy atom. The van der Waals surface area contributed by atoms with Gasteiger partial charge in [-0.15, -0.1) is 0 Å². The Morgan fingerprint density at radius 1 is 1.33 bits per heavy atom. The van der Waals surface area contributed by atoms with Gasteiger partial charge in [0.15, 0.2) is 5.82 Å². The van der Waals surface area contributed by atoms with Crippen molar-refractivity contribution < 1.29 is 0 Å². The first-order chi connectivity index (χ1) is 8.61. The van der Waals surface area contributed by atoms with Crippen molar-refractivity contribution in [2.24, 2.45) is 0 Å². The van der Waals surface area contributed by atoms with E-state index in [1.807, 2.05) is 19.1 Å². The van der Waals surface area contributed by atoms with Crippen LogP contribution in [0, 0.1) is 10.5 Å². The molecular formula is C13H13ClIN3. The van der Waals surface area contributed by atoms with Crippen molar-refractivity contribution in [3.63, 3.8) is 0 Å². The molecule has 0 aliphatic rings. The fraction of sp³-hybridized carbons (Fsp3) is 0.308. The number of rotatable bonds is 3. The standard InChI is InChI=1S/C13H13ClIN3/c1-3-4-9-11(15)12(14)18-13(17-9)10-7-8(2)5-6-16-10/h5-7H,3-4H2,1-2H3. The first-order valence-electron chi connectivity index (χ1n) is 5.76. The molecule has 94 valence electrons. The molecule has 0 N–H and O–H groups in total. The lowest BCUT2D eigenvalue weighted by Gasteiger charge is -2.07. The number of nitrogens with zero attached hydrogens (tertiary/aromatic N) is 3. The average Bonchev–Trinajstić information content (AvgIpc) is 2.35. The number of pyridine rings is 1. The van der Waals surface area contributed by atoms with Crippen molar-refractivity contribution in [1.82, 2.24) is 15.0 Å². The van der Waals surface area contributed by atoms with Gasteiger partial charge in [0.05, 0.1) is 9.26 Å². The van der Waals surface area contributed by atoms with Crippen LogP contribution in [0.25, 0.3) is 11.5 Å². The summed E-state index contributed by atoms with van der Waals surface area (Å²) in [5.41, 5.74) is 2.90. The first kappa shape index (κ1) is 13.7. The third-order valence-corrected chi connectivity index (χ3v) is 4.24. The van der Waals surface area contributed by atoms with Crippen LogP contribution in [-0.4, -0.2) is 15.0 Å². The summed E-state index contributed by atoms with van der Waals surface area (Å²) in [5.74, 6) is 0.604. The lowest BCUT2D eigenvalue weighted by molar-refractivity contribution is 0.865. The van der Waals surface area contributed by atoms with E-state index in [0.29, 0.717) is 11.0 Å². The second kappa shape index (κ2) is 5.93. The lowest BCUT2D eigenvalue weighted by atomic mass is 10.2. The topological polar surface area (TPSA) is 38.7 Å². The van der Waals surface area contributed by atoms with Crippen molar-refractivity contribution in [1.29, 1.82) is 0 Å². The molecule has 2 aromatic rings. The van der Waals surface area contributed by atoms with Crippen LogP contribution in [0.3, 0.4) is 0 Å². The number of hydrogen-bond donors (Lipinski definition) is 0. The van der Waals surface area contributed by atoms with E-state index < -0.39 is 0 Å². The third kappa shape index (κ3) is 2.98. The second-order valence-electron chi connectivity index (χ2n) is 4.07. The maximum atomic E-state index is 6.16. The predicted octanol–water partition coefficient (Wildman–Crippen LogP) is 4.06. The van der Waals surface area contributed by atoms with Gasteiger partial charge in [-0.1, -0.05) is 24.9 Å². The molecule has 0 saturated carbocycles. The van der Waals surface area contributed by atoms with Crippen LogP contribution in [0.4, 0.5) is 0 Å². The van der Waals surface area contributed by atoms with E-state index in [2.05, 4.69) is 44.5 Å². The first-order valence-corrected chi connectivity index (χ1v) is 7.22. The van der Waals surface area contributed by atoms with E-state index in [1.165, 1.54) is 0 Å². The van der Waals surface area contributed by atoms with E-state index in [4.69, 9.17) is 11.6 Å². The van der Waals surface area contributed by atoms with E-state index in [9.17, 15) is 0 Å². The lowest BCUT2D eigenvalue weighted by Crippen LogP contribution is -2.01. The molecule has 0 saturated heterocycles. The van der Waals surface area contributed by atoms with E-state index in [-0.39, 0.29) is 0 Å². The summed E-state index contributed by atoms with van der Waals surface area (Å²) in [5, 5.41) is 0.507. The van der Waals surface area contributed by atoms with E-state index in [1.54, 1.807) is 6.20 Å². The Morgan fingerprint density at radius 3 is 2.78 bits per heavy atom. The molecule has 2 aromatic heterocycles. The van der Waals surface area contributed by atoms with Gasteiger partial charge in [-0.05, 0) is 53.6 Å². The van der Waals surface area contributed by atoms with Crippen molar-refractivity contribution in [3.8, 4) is 11.5 Å². The summed E-state index contributed by atoms with van der Waals surface area (Å²) < 4.78 is 0.938. The number of halogens is 2. The molecule has 0 fully saturated rings. The van der Waals surface area contributed by atoms with E-state index in [0.717, 1.165) is 33.4 Å². The zero-order chi connectivity index (χ0) is 13.1. The van der Waals surface area contributed by atoms with Crippen LogP contribution in [-0.2, 0) is 6.42 Å². The predicted molar refractivity (Wildman–Crippen MR) is 81.7 cm³/mol. The van der Waals surface area contributed by atoms with Gasteiger partial charge in [0, 0.05) is 6.20 Å². The zero-order valence-electron chi connectivity index (χ0n) is 10.2. The highest BCUT2D eigenvalue weighted by Crippen LogP contribution is 2.24. The highest BCUT2D eigenvalue weighted by molar-refractivity contribution is 14.1. The van der Waals surface area contributed by atoms with Gasteiger partial charge in [-0.3, -0.25) is 4.98 Å². The smallest absolute Gasteiger partial charge is 0.179 e. The molecule has 0 bridgehead atoms. The highest BCUT2D eigenvalue weighted by atomic mass is 127. The largest absolute Gasteiger partial charge is 0.253 e. The Hall–Kier alpha value is -0.750. The molecule has 0 aromatic carbocycles. The molecule has 0 aliphatic carbocycles. The van der Waals surface area contributed by atoms with Crippen LogP contribution in [0.15, 0.2) is 18.3 Å². The monoisotopic (exact) mass is 373 g/mol. The molecule has 0 unspecified atom stereocenters. The summed E-state index contributed by atoms with van der Waals surface area (Å²) in [7, 11) is 0. The minimum atomic E-state index is 0.507. The van der Waals surface area contributed by atoms with Gasteiger partial charge in [0.2, 0.25) is 0 Å². The number of aromatic nitrogens is 3. The van der Waals surface area contributed by atoms with Gasteiger partial charge in [-0.2, -0.15) is 0 Å². The molecule has 0 aliphatic heterocycles. The van der Waals surface area contributed by atoms with Crippen LogP contribution < -0.4 is 0 Å². The van der Waals surface area contributed by atoms with Crippen molar-refractivity contribution >= 4 is 34.2 Å². The van der Waals surface area contributed by atoms with Crippen LogP contribution >= 0.6 is 34.2 Å². The number of aryl methyl sites for hydroxylation is 2. The van der Waals surface area contributed by atoms with Gasteiger partial charge in [0.1, 0.15) is 10.8 Å². The van der Waals surface area contributed by atoms with Crippen molar-refractivity contribution in [2.75, 3.05) is 0 Å². The zero-order valence-corrected chi connectivity index (χ0v) is 13.2. The van der Waals surface area contributed by atoms with Crippen LogP contribution in [0.5, 0.6) is 0 Å². The van der Waals surface area contributed by atoms with Crippen LogP contribution in [0.1, 0.15) is 24.6 Å². The molecule has 0 spiro atoms. The minimum absolute atomic E-state index is 0.507. The molecule has 0 amide bonds. The fourth-order valence-corrected chi connectivity index (χ4v) is 2.34. The van der Waals surface area contributed by atoms with E-state index >= 15 is 0 Å². The van der Waals surface area contributed by atoms with Gasteiger partial charge < -0.3 is 0 Å². The molecule has 2 rings (SSSR count). The summed E-state index contributed by atoms with van der Waals surface area (Å²) in [4.78, 5) is 13.2. The second-order valence-corrected chi connectivity index (χ2v) is 5.50. The maximum Gasteiger partial charge on any atom is 0.179 e. The Balaban J connectivity index is 2.51. The van der Waals surface area contributed by atoms with Crippen molar-refractivity contribution in [3.05, 3.63) is 38.3 Å². The molecule has 3 nitrogen and oxygen atoms in total. The Labute approximate surface area is 125 Å². The summed E-state index contributed by atoms with van der Waals surface area (Å²) in [6.07, 6.45) is 3.70. The maximum absolute atomic E-state index is 6.16. The fourth-order valence-electron chi connectivity index (χ4n) is 1.64. The quantitative estimate of drug-likeness (QED) is 0.601. The SMILES string of the molecule is CCCc1nc(-c2cc(C)ccn2)nc(Cl)c1I. The molecular weight excluding hydrogens is 361 g/mol. The normalized spacial score (nSPS) is 10.7. The Bertz CT molecular complexity index is 572. The highest BCUT2D eigenvalue weighted by Gasteiger charge is 2.12. The van der Waals surface area contributed by atoms with Crippen molar-refractivity contribution in [2.45, 2.75) is 26.7 Å². The third-order valence-electron chi connectivity index (χ3n) is 2.51. The minimum Gasteiger partial charge on any atom is -0.253 e. The molecule has 0 radical (unpaired) electrons. The average molecular weight is 374 g/mol. The molecule has 0 atom stereocenters.